The normalized spacial score (nSPS) is 12.1. The summed E-state index contributed by atoms with van der Waals surface area (Å²) in [6.45, 7) is 0. The van der Waals surface area contributed by atoms with Gasteiger partial charge in [0.05, 0.1) is 38.7 Å². The molecule has 0 N–H and O–H groups in total. The summed E-state index contributed by atoms with van der Waals surface area (Å²) in [6.07, 6.45) is 0. The molecule has 0 saturated heterocycles. The third-order valence-electron chi connectivity index (χ3n) is 14.1. The third-order valence-corrected chi connectivity index (χ3v) is 14.1. The lowest BCUT2D eigenvalue weighted by Crippen LogP contribution is -2.05. The van der Waals surface area contributed by atoms with Gasteiger partial charge in [0.25, 0.3) is 0 Å². The molecule has 0 amide bonds. The summed E-state index contributed by atoms with van der Waals surface area (Å²) < 4.78 is 11.8. The molecule has 15 rings (SSSR count). The Kier molecular flexibility index (Phi) is 7.97. The smallest absolute Gasteiger partial charge is 0.166 e. The first kappa shape index (κ1) is 37.8. The Labute approximate surface area is 394 Å². The van der Waals surface area contributed by atoms with Crippen LogP contribution in [-0.2, 0) is 0 Å². The zero-order valence-corrected chi connectivity index (χ0v) is 37.0. The van der Waals surface area contributed by atoms with E-state index < -0.39 is 0 Å². The highest BCUT2D eigenvalue weighted by Gasteiger charge is 2.29. The number of furan rings is 1. The number of benzene rings is 11. The predicted octanol–water partition coefficient (Wildman–Crippen LogP) is 16.4. The van der Waals surface area contributed by atoms with E-state index in [1.807, 2.05) is 6.07 Å². The van der Waals surface area contributed by atoms with Crippen molar-refractivity contribution in [3.63, 3.8) is 0 Å². The minimum absolute atomic E-state index is 0.567. The van der Waals surface area contributed by atoms with Crippen LogP contribution in [0.3, 0.4) is 0 Å². The van der Waals surface area contributed by atoms with E-state index in [0.29, 0.717) is 17.5 Å². The summed E-state index contributed by atoms with van der Waals surface area (Å²) in [5.74, 6) is 1.75. The van der Waals surface area contributed by atoms with Crippen molar-refractivity contribution in [2.45, 2.75) is 0 Å². The summed E-state index contributed by atoms with van der Waals surface area (Å²) in [6, 6.07) is 79.6. The standard InChI is InChI=1S/C63H37N5O/c1-2-22-41(23-3-1)67-52-33-14-11-28-47(52)56-49(31-17-34-53(56)67)62-64-61(46-30-16-21-38-18-6-7-24-42(38)46)65-63(66-62)58-44-26-8-9-27-45(44)60-57(48-29-12-15-35-55(48)69-60)59(58)68-51-32-13-10-25-43(51)50-36-39-19-4-5-20-40(39)37-54(50)68/h1-37H. The molecule has 0 saturated carbocycles. The van der Waals surface area contributed by atoms with E-state index in [1.165, 1.54) is 10.8 Å². The van der Waals surface area contributed by atoms with E-state index in [-0.39, 0.29) is 0 Å². The van der Waals surface area contributed by atoms with E-state index in [4.69, 9.17) is 19.4 Å². The topological polar surface area (TPSA) is 61.7 Å². The molecule has 0 aliphatic rings. The molecular weight excluding hydrogens is 843 g/mol. The number of rotatable bonds is 5. The molecule has 4 heterocycles. The third kappa shape index (κ3) is 5.51. The Hall–Kier alpha value is -9.39. The molecule has 0 fully saturated rings. The number of hydrogen-bond acceptors (Lipinski definition) is 4. The highest BCUT2D eigenvalue weighted by atomic mass is 16.3. The van der Waals surface area contributed by atoms with Gasteiger partial charge in [0.2, 0.25) is 0 Å². The maximum absolute atomic E-state index is 6.98. The molecule has 0 radical (unpaired) electrons. The molecule has 15 aromatic rings. The summed E-state index contributed by atoms with van der Waals surface area (Å²) in [7, 11) is 0. The largest absolute Gasteiger partial charge is 0.455 e. The number of hydrogen-bond donors (Lipinski definition) is 0. The van der Waals surface area contributed by atoms with Crippen molar-refractivity contribution in [1.29, 1.82) is 0 Å². The monoisotopic (exact) mass is 879 g/mol. The molecule has 0 aliphatic carbocycles. The molecular formula is C63H37N5O. The first-order chi connectivity index (χ1) is 34.2. The SMILES string of the molecule is c1ccc(-n2c3ccccc3c3c(-c4nc(-c5cccc6ccccc56)nc(-c5c(-n6c7ccccc7c7cc8ccccc8cc76)c6c7ccccc7oc6c6ccccc56)n4)cccc32)cc1. The van der Waals surface area contributed by atoms with Gasteiger partial charge in [0.15, 0.2) is 17.5 Å². The molecule has 0 atom stereocenters. The molecule has 320 valence electrons. The Bertz CT molecular complexity index is 4610. The van der Waals surface area contributed by atoms with Crippen molar-refractivity contribution in [3.05, 3.63) is 224 Å². The molecule has 6 heteroatoms. The van der Waals surface area contributed by atoms with Crippen LogP contribution in [-0.4, -0.2) is 24.1 Å². The van der Waals surface area contributed by atoms with Crippen LogP contribution in [0, 0.1) is 0 Å². The molecule has 4 aromatic heterocycles. The Balaban J connectivity index is 1.14. The molecule has 11 aromatic carbocycles. The van der Waals surface area contributed by atoms with Crippen molar-refractivity contribution in [2.75, 3.05) is 0 Å². The van der Waals surface area contributed by atoms with Gasteiger partial charge in [-0.3, -0.25) is 0 Å². The number of para-hydroxylation sites is 4. The van der Waals surface area contributed by atoms with Gasteiger partial charge in [-0.05, 0) is 75.5 Å². The zero-order chi connectivity index (χ0) is 45.2. The molecule has 6 nitrogen and oxygen atoms in total. The van der Waals surface area contributed by atoms with E-state index in [9.17, 15) is 0 Å². The number of aromatic nitrogens is 5. The van der Waals surface area contributed by atoms with Crippen LogP contribution < -0.4 is 0 Å². The molecule has 0 aliphatic heterocycles. The van der Waals surface area contributed by atoms with Gasteiger partial charge in [-0.25, -0.2) is 15.0 Å². The highest BCUT2D eigenvalue weighted by molar-refractivity contribution is 6.26. The summed E-state index contributed by atoms with van der Waals surface area (Å²) in [5.41, 5.74) is 10.8. The molecule has 0 unspecified atom stereocenters. The summed E-state index contributed by atoms with van der Waals surface area (Å²) >= 11 is 0. The average molecular weight is 880 g/mol. The average Bonchev–Trinajstić information content (AvgIpc) is 4.08. The highest BCUT2D eigenvalue weighted by Crippen LogP contribution is 2.48. The second-order valence-electron chi connectivity index (χ2n) is 17.9. The Morgan fingerprint density at radius 1 is 0.319 bits per heavy atom. The maximum atomic E-state index is 6.98. The zero-order valence-electron chi connectivity index (χ0n) is 37.0. The minimum Gasteiger partial charge on any atom is -0.455 e. The number of fused-ring (bicyclic) bond motifs is 13. The van der Waals surface area contributed by atoms with Gasteiger partial charge < -0.3 is 13.6 Å². The van der Waals surface area contributed by atoms with Crippen molar-refractivity contribution in [1.82, 2.24) is 24.1 Å². The lowest BCUT2D eigenvalue weighted by molar-refractivity contribution is 0.672. The second-order valence-corrected chi connectivity index (χ2v) is 17.9. The van der Waals surface area contributed by atoms with Crippen LogP contribution in [0.25, 0.3) is 143 Å². The van der Waals surface area contributed by atoms with E-state index in [2.05, 4.69) is 228 Å². The lowest BCUT2D eigenvalue weighted by Gasteiger charge is -2.19. The van der Waals surface area contributed by atoms with Crippen LogP contribution in [0.2, 0.25) is 0 Å². The van der Waals surface area contributed by atoms with Crippen molar-refractivity contribution in [3.8, 4) is 45.5 Å². The minimum atomic E-state index is 0.567. The van der Waals surface area contributed by atoms with Crippen LogP contribution in [0.5, 0.6) is 0 Å². The van der Waals surface area contributed by atoms with Crippen molar-refractivity contribution < 1.29 is 4.42 Å². The fraction of sp³-hybridized carbons (Fsp3) is 0. The van der Waals surface area contributed by atoms with E-state index >= 15 is 0 Å². The molecule has 69 heavy (non-hydrogen) atoms. The van der Waals surface area contributed by atoms with Crippen LogP contribution in [0.4, 0.5) is 0 Å². The fourth-order valence-electron chi connectivity index (χ4n) is 11.2. The van der Waals surface area contributed by atoms with Gasteiger partial charge >= 0.3 is 0 Å². The van der Waals surface area contributed by atoms with Gasteiger partial charge in [-0.2, -0.15) is 0 Å². The van der Waals surface area contributed by atoms with E-state index in [1.54, 1.807) is 0 Å². The first-order valence-electron chi connectivity index (χ1n) is 23.4. The lowest BCUT2D eigenvalue weighted by atomic mass is 9.96. The first-order valence-corrected chi connectivity index (χ1v) is 23.4. The predicted molar refractivity (Wildman–Crippen MR) is 285 cm³/mol. The van der Waals surface area contributed by atoms with Crippen molar-refractivity contribution >= 4 is 97.9 Å². The Morgan fingerprint density at radius 3 is 1.68 bits per heavy atom. The maximum Gasteiger partial charge on any atom is 0.166 e. The summed E-state index contributed by atoms with van der Waals surface area (Å²) in [4.78, 5) is 17.0. The van der Waals surface area contributed by atoms with Gasteiger partial charge in [-0.15, -0.1) is 0 Å². The number of nitrogens with zero attached hydrogens (tertiary/aromatic N) is 5. The quantitative estimate of drug-likeness (QED) is 0.173. The van der Waals surface area contributed by atoms with Crippen LogP contribution in [0.1, 0.15) is 0 Å². The molecule has 0 spiro atoms. The fourth-order valence-corrected chi connectivity index (χ4v) is 11.2. The van der Waals surface area contributed by atoms with Crippen LogP contribution in [0.15, 0.2) is 229 Å². The second kappa shape index (κ2) is 14.6. The van der Waals surface area contributed by atoms with Gasteiger partial charge in [0, 0.05) is 49.1 Å². The Morgan fingerprint density at radius 2 is 0.870 bits per heavy atom. The summed E-state index contributed by atoms with van der Waals surface area (Å²) in [5, 5.41) is 13.0. The van der Waals surface area contributed by atoms with Crippen LogP contribution >= 0.6 is 0 Å². The van der Waals surface area contributed by atoms with Gasteiger partial charge in [0.1, 0.15) is 11.2 Å². The molecule has 0 bridgehead atoms. The van der Waals surface area contributed by atoms with E-state index in [0.717, 1.165) is 115 Å². The van der Waals surface area contributed by atoms with Crippen molar-refractivity contribution in [2.24, 2.45) is 0 Å². The van der Waals surface area contributed by atoms with Gasteiger partial charge in [-0.1, -0.05) is 176 Å².